The summed E-state index contributed by atoms with van der Waals surface area (Å²) >= 11 is 0. The minimum absolute atomic E-state index is 0.102. The third kappa shape index (κ3) is 3.70. The van der Waals surface area contributed by atoms with E-state index in [2.05, 4.69) is 5.32 Å². The van der Waals surface area contributed by atoms with Gasteiger partial charge in [0.05, 0.1) is 19.6 Å². The minimum Gasteiger partial charge on any atom is -0.496 e. The number of carbonyl (C=O) groups excluding carboxylic acids is 1. The summed E-state index contributed by atoms with van der Waals surface area (Å²) in [5.41, 5.74) is 2.67. The fraction of sp³-hybridized carbons (Fsp3) is 0.533. The van der Waals surface area contributed by atoms with Crippen molar-refractivity contribution in [1.29, 1.82) is 0 Å². The molecular weight excluding hydrogens is 242 g/mol. The summed E-state index contributed by atoms with van der Waals surface area (Å²) in [6.07, 6.45) is 0. The Kier molecular flexibility index (Phi) is 5.36. The lowest BCUT2D eigenvalue weighted by molar-refractivity contribution is -0.122. The van der Waals surface area contributed by atoms with Gasteiger partial charge in [-0.2, -0.15) is 0 Å². The molecule has 0 spiro atoms. The number of nitrogens with one attached hydrogen (secondary N) is 1. The van der Waals surface area contributed by atoms with E-state index in [-0.39, 0.29) is 24.3 Å². The molecule has 0 aliphatic heterocycles. The maximum Gasteiger partial charge on any atom is 0.230 e. The van der Waals surface area contributed by atoms with E-state index in [0.717, 1.165) is 22.6 Å². The maximum atomic E-state index is 12.1. The van der Waals surface area contributed by atoms with Gasteiger partial charge in [-0.25, -0.2) is 0 Å². The number of carbonyl (C=O) groups is 1. The standard InChI is InChI=1S/C15H23NO3/c1-9(2)12(8-17)15(18)16-13-6-11(4)14(19-5)7-10(13)3/h6-7,9,12,17H,8H2,1-5H3,(H,16,18). The molecular formula is C15H23NO3. The van der Waals surface area contributed by atoms with Gasteiger partial charge >= 0.3 is 0 Å². The number of rotatable bonds is 5. The molecule has 0 bridgehead atoms. The SMILES string of the molecule is COc1cc(C)c(NC(=O)C(CO)C(C)C)cc1C. The van der Waals surface area contributed by atoms with Crippen molar-refractivity contribution in [3.05, 3.63) is 23.3 Å². The van der Waals surface area contributed by atoms with Gasteiger partial charge in [-0.3, -0.25) is 4.79 Å². The van der Waals surface area contributed by atoms with Crippen LogP contribution in [-0.2, 0) is 4.79 Å². The molecule has 0 fully saturated rings. The van der Waals surface area contributed by atoms with Crippen LogP contribution in [0.15, 0.2) is 12.1 Å². The molecule has 0 aliphatic rings. The van der Waals surface area contributed by atoms with Crippen molar-refractivity contribution in [3.63, 3.8) is 0 Å². The van der Waals surface area contributed by atoms with Crippen LogP contribution < -0.4 is 10.1 Å². The van der Waals surface area contributed by atoms with Crippen LogP contribution in [0.2, 0.25) is 0 Å². The van der Waals surface area contributed by atoms with Crippen LogP contribution in [0.3, 0.4) is 0 Å². The summed E-state index contributed by atoms with van der Waals surface area (Å²) in [5.74, 6) is 0.370. The van der Waals surface area contributed by atoms with Gasteiger partial charge in [0, 0.05) is 5.69 Å². The monoisotopic (exact) mass is 265 g/mol. The average Bonchev–Trinajstić information content (AvgIpc) is 2.33. The fourth-order valence-corrected chi connectivity index (χ4v) is 1.97. The zero-order chi connectivity index (χ0) is 14.6. The molecule has 1 aromatic rings. The summed E-state index contributed by atoms with van der Waals surface area (Å²) in [4.78, 5) is 12.1. The smallest absolute Gasteiger partial charge is 0.230 e. The van der Waals surface area contributed by atoms with E-state index in [1.807, 2.05) is 39.8 Å². The number of hydrogen-bond donors (Lipinski definition) is 2. The largest absolute Gasteiger partial charge is 0.496 e. The van der Waals surface area contributed by atoms with Crippen molar-refractivity contribution in [2.75, 3.05) is 19.0 Å². The van der Waals surface area contributed by atoms with Gasteiger partial charge in [-0.05, 0) is 43.0 Å². The first kappa shape index (κ1) is 15.5. The normalized spacial score (nSPS) is 12.4. The van der Waals surface area contributed by atoms with E-state index in [9.17, 15) is 9.90 Å². The van der Waals surface area contributed by atoms with Gasteiger partial charge in [-0.15, -0.1) is 0 Å². The van der Waals surface area contributed by atoms with E-state index in [0.29, 0.717) is 0 Å². The quantitative estimate of drug-likeness (QED) is 0.860. The molecule has 1 unspecified atom stereocenters. The van der Waals surface area contributed by atoms with Crippen LogP contribution in [0.4, 0.5) is 5.69 Å². The van der Waals surface area contributed by atoms with Crippen molar-refractivity contribution in [2.24, 2.45) is 11.8 Å². The van der Waals surface area contributed by atoms with E-state index >= 15 is 0 Å². The maximum absolute atomic E-state index is 12.1. The Hall–Kier alpha value is -1.55. The number of aliphatic hydroxyl groups excluding tert-OH is 1. The fourth-order valence-electron chi connectivity index (χ4n) is 1.97. The Labute approximate surface area is 114 Å². The van der Waals surface area contributed by atoms with Gasteiger partial charge in [0.1, 0.15) is 5.75 Å². The molecule has 2 N–H and O–H groups in total. The topological polar surface area (TPSA) is 58.6 Å². The second-order valence-corrected chi connectivity index (χ2v) is 5.16. The molecule has 0 aliphatic carbocycles. The number of methoxy groups -OCH3 is 1. The van der Waals surface area contributed by atoms with E-state index in [1.165, 1.54) is 0 Å². The number of aliphatic hydroxyl groups is 1. The number of ether oxygens (including phenoxy) is 1. The highest BCUT2D eigenvalue weighted by Crippen LogP contribution is 2.26. The first-order chi connectivity index (χ1) is 8.90. The molecule has 106 valence electrons. The van der Waals surface area contributed by atoms with Gasteiger partial charge in [0.15, 0.2) is 0 Å². The van der Waals surface area contributed by atoms with Crippen LogP contribution in [-0.4, -0.2) is 24.7 Å². The van der Waals surface area contributed by atoms with Crippen LogP contribution in [0, 0.1) is 25.7 Å². The molecule has 4 nitrogen and oxygen atoms in total. The average molecular weight is 265 g/mol. The Morgan fingerprint density at radius 1 is 1.32 bits per heavy atom. The minimum atomic E-state index is -0.387. The van der Waals surface area contributed by atoms with Crippen molar-refractivity contribution in [3.8, 4) is 5.75 Å². The molecule has 1 amide bonds. The molecule has 0 saturated carbocycles. The van der Waals surface area contributed by atoms with Gasteiger partial charge in [0.2, 0.25) is 5.91 Å². The summed E-state index contributed by atoms with van der Waals surface area (Å²) in [6, 6.07) is 3.79. The van der Waals surface area contributed by atoms with Crippen LogP contribution >= 0.6 is 0 Å². The predicted molar refractivity (Wildman–Crippen MR) is 76.5 cm³/mol. The van der Waals surface area contributed by atoms with Gasteiger partial charge in [0.25, 0.3) is 0 Å². The Morgan fingerprint density at radius 3 is 2.42 bits per heavy atom. The summed E-state index contributed by atoms with van der Waals surface area (Å²) < 4.78 is 5.24. The molecule has 0 radical (unpaired) electrons. The second kappa shape index (κ2) is 6.57. The predicted octanol–water partition coefficient (Wildman–Crippen LogP) is 2.52. The lowest BCUT2D eigenvalue weighted by Gasteiger charge is -2.19. The van der Waals surface area contributed by atoms with E-state index in [1.54, 1.807) is 7.11 Å². The van der Waals surface area contributed by atoms with Crippen molar-refractivity contribution in [2.45, 2.75) is 27.7 Å². The first-order valence-electron chi connectivity index (χ1n) is 6.47. The Bertz CT molecular complexity index is 455. The van der Waals surface area contributed by atoms with Crippen LogP contribution in [0.25, 0.3) is 0 Å². The number of amides is 1. The molecule has 19 heavy (non-hydrogen) atoms. The second-order valence-electron chi connectivity index (χ2n) is 5.16. The molecule has 4 heteroatoms. The molecule has 1 aromatic carbocycles. The van der Waals surface area contributed by atoms with Crippen molar-refractivity contribution >= 4 is 11.6 Å². The first-order valence-corrected chi connectivity index (χ1v) is 6.47. The number of benzene rings is 1. The number of aryl methyl sites for hydroxylation is 2. The third-order valence-corrected chi connectivity index (χ3v) is 3.34. The number of hydrogen-bond acceptors (Lipinski definition) is 3. The van der Waals surface area contributed by atoms with E-state index in [4.69, 9.17) is 4.74 Å². The lowest BCUT2D eigenvalue weighted by Crippen LogP contribution is -2.30. The van der Waals surface area contributed by atoms with Crippen LogP contribution in [0.5, 0.6) is 5.75 Å². The van der Waals surface area contributed by atoms with Crippen molar-refractivity contribution < 1.29 is 14.6 Å². The van der Waals surface area contributed by atoms with Crippen LogP contribution in [0.1, 0.15) is 25.0 Å². The highest BCUT2D eigenvalue weighted by atomic mass is 16.5. The lowest BCUT2D eigenvalue weighted by atomic mass is 9.95. The third-order valence-electron chi connectivity index (χ3n) is 3.34. The molecule has 1 rings (SSSR count). The van der Waals surface area contributed by atoms with Gasteiger partial charge in [-0.1, -0.05) is 13.8 Å². The highest BCUT2D eigenvalue weighted by molar-refractivity contribution is 5.93. The van der Waals surface area contributed by atoms with Crippen molar-refractivity contribution in [1.82, 2.24) is 0 Å². The van der Waals surface area contributed by atoms with Gasteiger partial charge < -0.3 is 15.2 Å². The zero-order valence-electron chi connectivity index (χ0n) is 12.3. The zero-order valence-corrected chi connectivity index (χ0v) is 12.3. The molecule has 1 atom stereocenters. The summed E-state index contributed by atoms with van der Waals surface area (Å²) in [7, 11) is 1.63. The number of anilines is 1. The highest BCUT2D eigenvalue weighted by Gasteiger charge is 2.21. The molecule has 0 aromatic heterocycles. The molecule has 0 heterocycles. The molecule has 0 saturated heterocycles. The van der Waals surface area contributed by atoms with E-state index < -0.39 is 0 Å². The Morgan fingerprint density at radius 2 is 1.95 bits per heavy atom. The summed E-state index contributed by atoms with van der Waals surface area (Å²) in [5, 5.41) is 12.2. The summed E-state index contributed by atoms with van der Waals surface area (Å²) in [6.45, 7) is 7.55. The Balaban J connectivity index is 2.94.